The summed E-state index contributed by atoms with van der Waals surface area (Å²) in [6.07, 6.45) is 3.70. The van der Waals surface area contributed by atoms with Gasteiger partial charge in [0, 0.05) is 29.7 Å². The Bertz CT molecular complexity index is 836. The Morgan fingerprint density at radius 2 is 1.96 bits per heavy atom. The molecule has 2 heterocycles. The van der Waals surface area contributed by atoms with Gasteiger partial charge in [-0.25, -0.2) is 4.79 Å². The van der Waals surface area contributed by atoms with Gasteiger partial charge in [0.05, 0.1) is 18.8 Å². The Morgan fingerprint density at radius 1 is 1.19 bits per heavy atom. The zero-order chi connectivity index (χ0) is 18.1. The molecule has 1 aromatic carbocycles. The molecule has 2 aromatic rings. The number of rotatable bonds is 3. The van der Waals surface area contributed by atoms with E-state index in [-0.39, 0.29) is 5.91 Å². The molecule has 1 aromatic heterocycles. The van der Waals surface area contributed by atoms with Gasteiger partial charge in [-0.05, 0) is 56.4 Å². The Balaban J connectivity index is 1.49. The van der Waals surface area contributed by atoms with Crippen LogP contribution in [0.25, 0.3) is 10.9 Å². The van der Waals surface area contributed by atoms with Crippen LogP contribution < -0.4 is 0 Å². The number of carbonyl (C=O) groups is 2. The van der Waals surface area contributed by atoms with E-state index in [1.807, 2.05) is 12.1 Å². The standard InChI is InChI=1S/C20H24N2O4/c1-13(19(23)22-8-10-25-11-9-22)26-20(24)14-6-7-18-16(12-14)15-4-2-3-5-17(15)21-18/h6-7,12-13,21H,2-5,8-11H2,1H3/t13-/m1/s1. The number of carbonyl (C=O) groups excluding carboxylic acids is 2. The van der Waals surface area contributed by atoms with Gasteiger partial charge in [-0.15, -0.1) is 0 Å². The molecular weight excluding hydrogens is 332 g/mol. The molecule has 1 fully saturated rings. The second-order valence-electron chi connectivity index (χ2n) is 7.03. The molecule has 4 rings (SSSR count). The molecule has 1 atom stereocenters. The van der Waals surface area contributed by atoms with Gasteiger partial charge in [0.25, 0.3) is 5.91 Å². The van der Waals surface area contributed by atoms with Crippen LogP contribution in [0.4, 0.5) is 0 Å². The van der Waals surface area contributed by atoms with E-state index >= 15 is 0 Å². The summed E-state index contributed by atoms with van der Waals surface area (Å²) >= 11 is 0. The van der Waals surface area contributed by atoms with Crippen molar-refractivity contribution in [2.45, 2.75) is 38.7 Å². The molecule has 1 N–H and O–H groups in total. The van der Waals surface area contributed by atoms with Crippen LogP contribution in [0.5, 0.6) is 0 Å². The quantitative estimate of drug-likeness (QED) is 0.858. The summed E-state index contributed by atoms with van der Waals surface area (Å²) < 4.78 is 10.7. The van der Waals surface area contributed by atoms with Crippen LogP contribution in [0.3, 0.4) is 0 Å². The van der Waals surface area contributed by atoms with Crippen LogP contribution in [-0.4, -0.2) is 54.2 Å². The molecule has 1 amide bonds. The summed E-state index contributed by atoms with van der Waals surface area (Å²) in [5.74, 6) is -0.617. The van der Waals surface area contributed by atoms with Crippen molar-refractivity contribution in [3.63, 3.8) is 0 Å². The lowest BCUT2D eigenvalue weighted by atomic mass is 9.95. The maximum atomic E-state index is 12.5. The molecule has 6 heteroatoms. The lowest BCUT2D eigenvalue weighted by Gasteiger charge is -2.28. The average Bonchev–Trinajstić information content (AvgIpc) is 3.05. The third-order valence-electron chi connectivity index (χ3n) is 5.29. The van der Waals surface area contributed by atoms with Crippen LogP contribution in [0.2, 0.25) is 0 Å². The maximum absolute atomic E-state index is 12.5. The Labute approximate surface area is 152 Å². The minimum absolute atomic E-state index is 0.165. The number of benzene rings is 1. The van der Waals surface area contributed by atoms with Gasteiger partial charge < -0.3 is 19.4 Å². The van der Waals surface area contributed by atoms with Crippen molar-refractivity contribution >= 4 is 22.8 Å². The number of esters is 1. The van der Waals surface area contributed by atoms with Gasteiger partial charge in [-0.1, -0.05) is 0 Å². The predicted octanol–water partition coefficient (Wildman–Crippen LogP) is 2.45. The molecular formula is C20H24N2O4. The number of morpholine rings is 1. The van der Waals surface area contributed by atoms with Crippen molar-refractivity contribution in [1.29, 1.82) is 0 Å². The van der Waals surface area contributed by atoms with Gasteiger partial charge in [0.1, 0.15) is 0 Å². The smallest absolute Gasteiger partial charge is 0.338 e. The highest BCUT2D eigenvalue weighted by atomic mass is 16.5. The highest BCUT2D eigenvalue weighted by molar-refractivity contribution is 5.97. The highest BCUT2D eigenvalue weighted by Gasteiger charge is 2.26. The van der Waals surface area contributed by atoms with Crippen molar-refractivity contribution < 1.29 is 19.1 Å². The van der Waals surface area contributed by atoms with Crippen molar-refractivity contribution in [2.75, 3.05) is 26.3 Å². The van der Waals surface area contributed by atoms with E-state index in [0.29, 0.717) is 31.9 Å². The number of nitrogens with one attached hydrogen (secondary N) is 1. The van der Waals surface area contributed by atoms with E-state index in [1.54, 1.807) is 17.9 Å². The van der Waals surface area contributed by atoms with Crippen molar-refractivity contribution in [3.8, 4) is 0 Å². The summed E-state index contributed by atoms with van der Waals surface area (Å²) in [5, 5.41) is 1.10. The third-order valence-corrected chi connectivity index (χ3v) is 5.29. The highest BCUT2D eigenvalue weighted by Crippen LogP contribution is 2.29. The normalized spacial score (nSPS) is 18.4. The minimum Gasteiger partial charge on any atom is -0.449 e. The topological polar surface area (TPSA) is 71.6 Å². The van der Waals surface area contributed by atoms with E-state index in [9.17, 15) is 9.59 Å². The van der Waals surface area contributed by atoms with E-state index in [4.69, 9.17) is 9.47 Å². The fraction of sp³-hybridized carbons (Fsp3) is 0.500. The van der Waals surface area contributed by atoms with Crippen molar-refractivity contribution in [2.24, 2.45) is 0 Å². The summed E-state index contributed by atoms with van der Waals surface area (Å²) in [4.78, 5) is 30.1. The van der Waals surface area contributed by atoms with E-state index in [2.05, 4.69) is 4.98 Å². The second kappa shape index (κ2) is 7.11. The first-order chi connectivity index (χ1) is 12.6. The number of aromatic amines is 1. The fourth-order valence-corrected chi connectivity index (χ4v) is 3.85. The molecule has 26 heavy (non-hydrogen) atoms. The second-order valence-corrected chi connectivity index (χ2v) is 7.03. The van der Waals surface area contributed by atoms with Crippen LogP contribution in [0, 0.1) is 0 Å². The molecule has 0 bridgehead atoms. The summed E-state index contributed by atoms with van der Waals surface area (Å²) in [7, 11) is 0. The number of amides is 1. The molecule has 138 valence electrons. The van der Waals surface area contributed by atoms with Crippen LogP contribution >= 0.6 is 0 Å². The van der Waals surface area contributed by atoms with E-state index < -0.39 is 12.1 Å². The number of hydrogen-bond acceptors (Lipinski definition) is 4. The third kappa shape index (κ3) is 3.21. The summed E-state index contributed by atoms with van der Waals surface area (Å²) in [6.45, 7) is 3.78. The summed E-state index contributed by atoms with van der Waals surface area (Å²) in [6, 6.07) is 5.58. The maximum Gasteiger partial charge on any atom is 0.338 e. The number of fused-ring (bicyclic) bond motifs is 3. The van der Waals surface area contributed by atoms with Crippen LogP contribution in [0.1, 0.15) is 41.4 Å². The average molecular weight is 356 g/mol. The first-order valence-electron chi connectivity index (χ1n) is 9.34. The Hall–Kier alpha value is -2.34. The number of aryl methyl sites for hydroxylation is 2. The minimum atomic E-state index is -0.795. The molecule has 1 aliphatic heterocycles. The number of H-pyrrole nitrogens is 1. The fourth-order valence-electron chi connectivity index (χ4n) is 3.85. The van der Waals surface area contributed by atoms with Crippen LogP contribution in [-0.2, 0) is 27.1 Å². The molecule has 1 saturated heterocycles. The van der Waals surface area contributed by atoms with Crippen LogP contribution in [0.15, 0.2) is 18.2 Å². The van der Waals surface area contributed by atoms with E-state index in [0.717, 1.165) is 23.7 Å². The number of aromatic nitrogens is 1. The monoisotopic (exact) mass is 356 g/mol. The molecule has 0 saturated carbocycles. The van der Waals surface area contributed by atoms with Gasteiger partial charge in [-0.2, -0.15) is 0 Å². The SMILES string of the molecule is C[C@@H](OC(=O)c1ccc2[nH]c3c(c2c1)CCCC3)C(=O)N1CCOCC1. The van der Waals surface area contributed by atoms with E-state index in [1.165, 1.54) is 24.1 Å². The lowest BCUT2D eigenvalue weighted by molar-refractivity contribution is -0.143. The number of ether oxygens (including phenoxy) is 2. The molecule has 0 unspecified atom stereocenters. The Kier molecular flexibility index (Phi) is 4.68. The number of hydrogen-bond donors (Lipinski definition) is 1. The van der Waals surface area contributed by atoms with Gasteiger partial charge >= 0.3 is 5.97 Å². The lowest BCUT2D eigenvalue weighted by Crippen LogP contribution is -2.46. The molecule has 6 nitrogen and oxygen atoms in total. The first kappa shape index (κ1) is 17.1. The van der Waals surface area contributed by atoms with Gasteiger partial charge in [-0.3, -0.25) is 4.79 Å². The molecule has 1 aliphatic carbocycles. The largest absolute Gasteiger partial charge is 0.449 e. The molecule has 2 aliphatic rings. The van der Waals surface area contributed by atoms with Crippen molar-refractivity contribution in [1.82, 2.24) is 9.88 Å². The zero-order valence-electron chi connectivity index (χ0n) is 15.0. The molecule has 0 radical (unpaired) electrons. The summed E-state index contributed by atoms with van der Waals surface area (Å²) in [5.41, 5.74) is 4.16. The zero-order valence-corrected chi connectivity index (χ0v) is 15.0. The molecule has 0 spiro atoms. The predicted molar refractivity (Wildman–Crippen MR) is 97.2 cm³/mol. The Morgan fingerprint density at radius 3 is 2.77 bits per heavy atom. The van der Waals surface area contributed by atoms with Gasteiger partial charge in [0.15, 0.2) is 6.10 Å². The van der Waals surface area contributed by atoms with Gasteiger partial charge in [0.2, 0.25) is 0 Å². The number of nitrogens with zero attached hydrogens (tertiary/aromatic N) is 1. The first-order valence-corrected chi connectivity index (χ1v) is 9.34. The van der Waals surface area contributed by atoms with Crippen molar-refractivity contribution in [3.05, 3.63) is 35.0 Å².